The van der Waals surface area contributed by atoms with Gasteiger partial charge in [-0.05, 0) is 35.7 Å². The number of nitriles is 1. The zero-order valence-electron chi connectivity index (χ0n) is 15.2. The second kappa shape index (κ2) is 6.48. The average molecular weight is 356 g/mol. The number of thiophene rings is 1. The fourth-order valence-electron chi connectivity index (χ4n) is 3.38. The summed E-state index contributed by atoms with van der Waals surface area (Å²) in [6.07, 6.45) is 0. The molecule has 3 heteroatoms. The Kier molecular flexibility index (Phi) is 4.14. The zero-order chi connectivity index (χ0) is 18.3. The Labute approximate surface area is 157 Å². The van der Waals surface area contributed by atoms with Gasteiger partial charge in [-0.3, -0.25) is 0 Å². The number of hydrogen-bond donors (Lipinski definition) is 0. The van der Waals surface area contributed by atoms with E-state index in [0.717, 1.165) is 15.6 Å². The number of fused-ring (bicyclic) bond motifs is 3. The molecule has 128 valence electrons. The average Bonchev–Trinajstić information content (AvgIpc) is 3.06. The van der Waals surface area contributed by atoms with Crippen molar-refractivity contribution >= 4 is 42.9 Å². The molecule has 2 nitrogen and oxygen atoms in total. The van der Waals surface area contributed by atoms with Crippen molar-refractivity contribution in [3.8, 4) is 6.07 Å². The first-order chi connectivity index (χ1) is 12.6. The van der Waals surface area contributed by atoms with Crippen molar-refractivity contribution in [2.45, 2.75) is 19.8 Å². The zero-order valence-corrected chi connectivity index (χ0v) is 16.0. The van der Waals surface area contributed by atoms with Crippen molar-refractivity contribution in [3.63, 3.8) is 0 Å². The van der Waals surface area contributed by atoms with Crippen molar-refractivity contribution in [1.82, 2.24) is 0 Å². The maximum atomic E-state index is 9.43. The third-order valence-electron chi connectivity index (χ3n) is 4.93. The van der Waals surface area contributed by atoms with E-state index in [1.54, 1.807) is 11.3 Å². The van der Waals surface area contributed by atoms with Crippen LogP contribution < -0.4 is 4.90 Å². The van der Waals surface area contributed by atoms with Crippen LogP contribution >= 0.6 is 11.3 Å². The van der Waals surface area contributed by atoms with E-state index < -0.39 is 0 Å². The molecule has 1 heterocycles. The fraction of sp³-hybridized carbons (Fsp3) is 0.174. The van der Waals surface area contributed by atoms with Gasteiger partial charge in [-0.25, -0.2) is 0 Å². The molecule has 4 rings (SSSR count). The van der Waals surface area contributed by atoms with E-state index in [4.69, 9.17) is 0 Å². The molecule has 1 aromatic heterocycles. The SMILES string of the molecule is CC(C)c1ccc(N(C)c2cccc3c2sc2c(C#N)cccc23)cc1. The Morgan fingerprint density at radius 1 is 0.885 bits per heavy atom. The molecule has 26 heavy (non-hydrogen) atoms. The second-order valence-corrected chi connectivity index (χ2v) is 7.88. The third kappa shape index (κ3) is 2.64. The van der Waals surface area contributed by atoms with E-state index >= 15 is 0 Å². The van der Waals surface area contributed by atoms with Crippen LogP contribution in [0.4, 0.5) is 11.4 Å². The summed E-state index contributed by atoms with van der Waals surface area (Å²) in [5.41, 5.74) is 4.43. The molecule has 0 atom stereocenters. The maximum Gasteiger partial charge on any atom is 0.101 e. The molecule has 0 aliphatic heterocycles. The first-order valence-corrected chi connectivity index (χ1v) is 9.60. The highest BCUT2D eigenvalue weighted by Crippen LogP contribution is 2.42. The summed E-state index contributed by atoms with van der Waals surface area (Å²) in [7, 11) is 2.11. The Morgan fingerprint density at radius 2 is 1.54 bits per heavy atom. The van der Waals surface area contributed by atoms with E-state index in [9.17, 15) is 5.26 Å². The molecule has 0 N–H and O–H groups in total. The summed E-state index contributed by atoms with van der Waals surface area (Å²) >= 11 is 1.71. The van der Waals surface area contributed by atoms with Crippen molar-refractivity contribution in [2.75, 3.05) is 11.9 Å². The first kappa shape index (κ1) is 16.6. The van der Waals surface area contributed by atoms with Crippen LogP contribution in [-0.4, -0.2) is 7.05 Å². The van der Waals surface area contributed by atoms with Crippen molar-refractivity contribution in [3.05, 3.63) is 71.8 Å². The predicted octanol–water partition coefficient (Wildman–Crippen LogP) is 6.82. The van der Waals surface area contributed by atoms with Gasteiger partial charge in [0, 0.05) is 23.5 Å². The highest BCUT2D eigenvalue weighted by molar-refractivity contribution is 7.26. The lowest BCUT2D eigenvalue weighted by atomic mass is 10.0. The summed E-state index contributed by atoms with van der Waals surface area (Å²) in [5.74, 6) is 0.532. The van der Waals surface area contributed by atoms with Gasteiger partial charge in [0.2, 0.25) is 0 Å². The van der Waals surface area contributed by atoms with Crippen LogP contribution in [-0.2, 0) is 0 Å². The van der Waals surface area contributed by atoms with Crippen LogP contribution in [0.5, 0.6) is 0 Å². The number of hydrogen-bond acceptors (Lipinski definition) is 3. The minimum absolute atomic E-state index is 0.532. The van der Waals surface area contributed by atoms with Gasteiger partial charge in [0.25, 0.3) is 0 Å². The topological polar surface area (TPSA) is 27.0 Å². The molecule has 0 saturated carbocycles. The first-order valence-electron chi connectivity index (χ1n) is 8.78. The van der Waals surface area contributed by atoms with Gasteiger partial charge in [0.15, 0.2) is 0 Å². The molecular weight excluding hydrogens is 336 g/mol. The standard InChI is InChI=1S/C23H20N2S/c1-15(2)16-10-12-18(13-11-16)25(3)21-9-5-8-20-19-7-4-6-17(14-24)22(19)26-23(20)21/h4-13,15H,1-3H3. The lowest BCUT2D eigenvalue weighted by Gasteiger charge is -2.21. The van der Waals surface area contributed by atoms with Crippen LogP contribution in [0.1, 0.15) is 30.9 Å². The van der Waals surface area contributed by atoms with Gasteiger partial charge >= 0.3 is 0 Å². The fourth-order valence-corrected chi connectivity index (χ4v) is 4.69. The largest absolute Gasteiger partial charge is 0.343 e. The van der Waals surface area contributed by atoms with Gasteiger partial charge in [-0.1, -0.05) is 50.2 Å². The molecule has 0 bridgehead atoms. The number of rotatable bonds is 3. The highest BCUT2D eigenvalue weighted by Gasteiger charge is 2.14. The molecular formula is C23H20N2S. The van der Waals surface area contributed by atoms with Gasteiger partial charge < -0.3 is 4.90 Å². The van der Waals surface area contributed by atoms with Gasteiger partial charge in [0.05, 0.1) is 20.7 Å². The van der Waals surface area contributed by atoms with Crippen molar-refractivity contribution in [1.29, 1.82) is 5.26 Å². The second-order valence-electron chi connectivity index (χ2n) is 6.86. The van der Waals surface area contributed by atoms with Gasteiger partial charge in [-0.2, -0.15) is 5.26 Å². The minimum atomic E-state index is 0.532. The van der Waals surface area contributed by atoms with Crippen molar-refractivity contribution in [2.24, 2.45) is 0 Å². The number of anilines is 2. The third-order valence-corrected chi connectivity index (χ3v) is 6.21. The summed E-state index contributed by atoms with van der Waals surface area (Å²) < 4.78 is 2.29. The number of nitrogens with zero attached hydrogens (tertiary/aromatic N) is 2. The van der Waals surface area contributed by atoms with Gasteiger partial charge in [0.1, 0.15) is 6.07 Å². The molecule has 3 aromatic carbocycles. The predicted molar refractivity (Wildman–Crippen MR) is 113 cm³/mol. The molecule has 0 amide bonds. The summed E-state index contributed by atoms with van der Waals surface area (Å²) in [5, 5.41) is 11.8. The molecule has 4 aromatic rings. The van der Waals surface area contributed by atoms with E-state index in [2.05, 4.69) is 80.4 Å². The lowest BCUT2D eigenvalue weighted by Crippen LogP contribution is -2.09. The number of benzene rings is 3. The van der Waals surface area contributed by atoms with E-state index in [1.807, 2.05) is 12.1 Å². The van der Waals surface area contributed by atoms with Crippen LogP contribution in [0.25, 0.3) is 20.2 Å². The molecule has 0 aliphatic rings. The van der Waals surface area contributed by atoms with Crippen molar-refractivity contribution < 1.29 is 0 Å². The Balaban J connectivity index is 1.87. The van der Waals surface area contributed by atoms with Crippen LogP contribution in [0, 0.1) is 11.3 Å². The Morgan fingerprint density at radius 3 is 2.19 bits per heavy atom. The summed E-state index contributed by atoms with van der Waals surface area (Å²) in [6.45, 7) is 4.42. The van der Waals surface area contributed by atoms with Crippen LogP contribution in [0.2, 0.25) is 0 Å². The molecule has 0 radical (unpaired) electrons. The van der Waals surface area contributed by atoms with E-state index in [1.165, 1.54) is 27.0 Å². The van der Waals surface area contributed by atoms with Crippen LogP contribution in [0.15, 0.2) is 60.7 Å². The van der Waals surface area contributed by atoms with E-state index in [0.29, 0.717) is 5.92 Å². The molecule has 0 saturated heterocycles. The summed E-state index contributed by atoms with van der Waals surface area (Å²) in [4.78, 5) is 2.23. The smallest absolute Gasteiger partial charge is 0.101 e. The Hall–Kier alpha value is -2.83. The monoisotopic (exact) mass is 356 g/mol. The Bertz CT molecular complexity index is 1130. The van der Waals surface area contributed by atoms with Crippen LogP contribution in [0.3, 0.4) is 0 Å². The minimum Gasteiger partial charge on any atom is -0.343 e. The summed E-state index contributed by atoms with van der Waals surface area (Å²) in [6, 6.07) is 23.5. The maximum absolute atomic E-state index is 9.43. The molecule has 0 spiro atoms. The lowest BCUT2D eigenvalue weighted by molar-refractivity contribution is 0.866. The normalized spacial score (nSPS) is 11.2. The van der Waals surface area contributed by atoms with E-state index in [-0.39, 0.29) is 0 Å². The molecule has 0 fully saturated rings. The molecule has 0 aliphatic carbocycles. The van der Waals surface area contributed by atoms with Gasteiger partial charge in [-0.15, -0.1) is 11.3 Å². The quantitative estimate of drug-likeness (QED) is 0.403. The highest BCUT2D eigenvalue weighted by atomic mass is 32.1. The molecule has 0 unspecified atom stereocenters.